The highest BCUT2D eigenvalue weighted by Crippen LogP contribution is 2.25. The van der Waals surface area contributed by atoms with Gasteiger partial charge in [-0.25, -0.2) is 0 Å². The van der Waals surface area contributed by atoms with Crippen LogP contribution >= 0.6 is 0 Å². The molecule has 0 aliphatic carbocycles. The summed E-state index contributed by atoms with van der Waals surface area (Å²) in [6.07, 6.45) is 7.24. The zero-order chi connectivity index (χ0) is 20.5. The minimum atomic E-state index is -0.139. The maximum atomic E-state index is 12.2. The number of methoxy groups -OCH3 is 2. The van der Waals surface area contributed by atoms with Crippen LogP contribution in [0.2, 0.25) is 0 Å². The molecule has 2 aromatic rings. The van der Waals surface area contributed by atoms with Crippen molar-refractivity contribution in [2.24, 2.45) is 0 Å². The summed E-state index contributed by atoms with van der Waals surface area (Å²) in [5.41, 5.74) is 3.25. The Balaban J connectivity index is 1.49. The summed E-state index contributed by atoms with van der Waals surface area (Å²) in [4.78, 5) is 14.7. The Bertz CT molecular complexity index is 825. The first kappa shape index (κ1) is 20.9. The van der Waals surface area contributed by atoms with Gasteiger partial charge in [0.25, 0.3) is 0 Å². The Morgan fingerprint density at radius 2 is 1.72 bits per heavy atom. The van der Waals surface area contributed by atoms with E-state index in [1.54, 1.807) is 26.4 Å². The van der Waals surface area contributed by atoms with Gasteiger partial charge in [0.15, 0.2) is 0 Å². The number of hydrogen-bond donors (Lipinski definition) is 1. The molecule has 1 aliphatic heterocycles. The number of nitrogens with zero attached hydrogens (tertiary/aromatic N) is 1. The average Bonchev–Trinajstić information content (AvgIpc) is 2.77. The van der Waals surface area contributed by atoms with Gasteiger partial charge in [-0.1, -0.05) is 30.7 Å². The Morgan fingerprint density at radius 3 is 2.41 bits per heavy atom. The van der Waals surface area contributed by atoms with E-state index < -0.39 is 0 Å². The second-order valence-electron chi connectivity index (χ2n) is 7.31. The fourth-order valence-corrected chi connectivity index (χ4v) is 3.51. The molecule has 0 unspecified atom stereocenters. The lowest BCUT2D eigenvalue weighted by molar-refractivity contribution is -0.116. The molecule has 5 nitrogen and oxygen atoms in total. The quantitative estimate of drug-likeness (QED) is 0.687. The monoisotopic (exact) mass is 394 g/mol. The van der Waals surface area contributed by atoms with Crippen molar-refractivity contribution >= 4 is 12.0 Å². The topological polar surface area (TPSA) is 50.8 Å². The van der Waals surface area contributed by atoms with Gasteiger partial charge in [-0.3, -0.25) is 9.69 Å². The van der Waals surface area contributed by atoms with Crippen molar-refractivity contribution in [3.63, 3.8) is 0 Å². The number of amides is 1. The molecular weight excluding hydrogens is 364 g/mol. The molecule has 0 radical (unpaired) electrons. The SMILES string of the molecule is COc1ccc(/C=C/C(=O)NCc2ccc(CN3CCCCC3)cc2)c(OC)c1. The van der Waals surface area contributed by atoms with Crippen LogP contribution in [0.3, 0.4) is 0 Å². The summed E-state index contributed by atoms with van der Waals surface area (Å²) >= 11 is 0. The predicted octanol–water partition coefficient (Wildman–Crippen LogP) is 4.02. The number of benzene rings is 2. The van der Waals surface area contributed by atoms with E-state index in [1.807, 2.05) is 12.1 Å². The lowest BCUT2D eigenvalue weighted by Gasteiger charge is -2.26. The number of likely N-dealkylation sites (tertiary alicyclic amines) is 1. The van der Waals surface area contributed by atoms with Crippen molar-refractivity contribution in [3.8, 4) is 11.5 Å². The maximum Gasteiger partial charge on any atom is 0.244 e. The van der Waals surface area contributed by atoms with E-state index in [1.165, 1.54) is 44.0 Å². The number of hydrogen-bond acceptors (Lipinski definition) is 4. The molecule has 29 heavy (non-hydrogen) atoms. The first-order chi connectivity index (χ1) is 14.2. The van der Waals surface area contributed by atoms with Gasteiger partial charge in [0.1, 0.15) is 11.5 Å². The Labute approximate surface area is 173 Å². The third kappa shape index (κ3) is 6.36. The minimum Gasteiger partial charge on any atom is -0.497 e. The van der Waals surface area contributed by atoms with Crippen molar-refractivity contribution in [3.05, 3.63) is 65.2 Å². The number of rotatable bonds is 8. The van der Waals surface area contributed by atoms with Crippen LogP contribution in [0.5, 0.6) is 11.5 Å². The molecule has 3 rings (SSSR count). The molecule has 1 saturated heterocycles. The van der Waals surface area contributed by atoms with Gasteiger partial charge >= 0.3 is 0 Å². The molecule has 5 heteroatoms. The van der Waals surface area contributed by atoms with Gasteiger partial charge in [0.2, 0.25) is 5.91 Å². The Hall–Kier alpha value is -2.79. The molecule has 1 fully saturated rings. The molecular formula is C24H30N2O3. The predicted molar refractivity (Wildman–Crippen MR) is 116 cm³/mol. The van der Waals surface area contributed by atoms with Crippen molar-refractivity contribution in [2.45, 2.75) is 32.4 Å². The lowest BCUT2D eigenvalue weighted by Crippen LogP contribution is -2.29. The van der Waals surface area contributed by atoms with Gasteiger partial charge in [-0.05, 0) is 55.3 Å². The molecule has 2 aromatic carbocycles. The molecule has 1 N–H and O–H groups in total. The third-order valence-electron chi connectivity index (χ3n) is 5.20. The molecule has 154 valence electrons. The summed E-state index contributed by atoms with van der Waals surface area (Å²) in [5.74, 6) is 1.24. The van der Waals surface area contributed by atoms with Gasteiger partial charge < -0.3 is 14.8 Å². The van der Waals surface area contributed by atoms with Crippen molar-refractivity contribution in [2.75, 3.05) is 27.3 Å². The van der Waals surface area contributed by atoms with E-state index in [0.717, 1.165) is 17.7 Å². The largest absolute Gasteiger partial charge is 0.497 e. The zero-order valence-corrected chi connectivity index (χ0v) is 17.3. The molecule has 0 saturated carbocycles. The van der Waals surface area contributed by atoms with Crippen LogP contribution in [-0.4, -0.2) is 38.1 Å². The fourth-order valence-electron chi connectivity index (χ4n) is 3.51. The highest BCUT2D eigenvalue weighted by atomic mass is 16.5. The number of nitrogens with one attached hydrogen (secondary N) is 1. The summed E-state index contributed by atoms with van der Waals surface area (Å²) in [6.45, 7) is 3.91. The minimum absolute atomic E-state index is 0.139. The van der Waals surface area contributed by atoms with Gasteiger partial charge in [-0.2, -0.15) is 0 Å². The third-order valence-corrected chi connectivity index (χ3v) is 5.20. The fraction of sp³-hybridized carbons (Fsp3) is 0.375. The van der Waals surface area contributed by atoms with E-state index in [-0.39, 0.29) is 5.91 Å². The smallest absolute Gasteiger partial charge is 0.244 e. The molecule has 0 aromatic heterocycles. The molecule has 1 aliphatic rings. The Kier molecular flexibility index (Phi) is 7.70. The second-order valence-corrected chi connectivity index (χ2v) is 7.31. The molecule has 0 atom stereocenters. The first-order valence-corrected chi connectivity index (χ1v) is 10.2. The second kappa shape index (κ2) is 10.7. The first-order valence-electron chi connectivity index (χ1n) is 10.2. The molecule has 0 bridgehead atoms. The number of carbonyl (C=O) groups excluding carboxylic acids is 1. The highest BCUT2D eigenvalue weighted by molar-refractivity contribution is 5.92. The zero-order valence-electron chi connectivity index (χ0n) is 17.3. The van der Waals surface area contributed by atoms with Crippen molar-refractivity contribution in [1.29, 1.82) is 0 Å². The van der Waals surface area contributed by atoms with Crippen LogP contribution in [0.25, 0.3) is 6.08 Å². The van der Waals surface area contributed by atoms with E-state index in [4.69, 9.17) is 9.47 Å². The number of carbonyl (C=O) groups is 1. The van der Waals surface area contributed by atoms with E-state index >= 15 is 0 Å². The summed E-state index contributed by atoms with van der Waals surface area (Å²) < 4.78 is 10.5. The highest BCUT2D eigenvalue weighted by Gasteiger charge is 2.10. The number of ether oxygens (including phenoxy) is 2. The van der Waals surface area contributed by atoms with Crippen LogP contribution in [0.4, 0.5) is 0 Å². The van der Waals surface area contributed by atoms with Crippen LogP contribution in [0.15, 0.2) is 48.5 Å². The maximum absolute atomic E-state index is 12.2. The average molecular weight is 395 g/mol. The van der Waals surface area contributed by atoms with E-state index in [9.17, 15) is 4.79 Å². The van der Waals surface area contributed by atoms with Crippen LogP contribution in [-0.2, 0) is 17.9 Å². The summed E-state index contributed by atoms with van der Waals surface area (Å²) in [5, 5.41) is 2.93. The van der Waals surface area contributed by atoms with Crippen LogP contribution < -0.4 is 14.8 Å². The summed E-state index contributed by atoms with van der Waals surface area (Å²) in [6, 6.07) is 14.0. The normalized spacial score (nSPS) is 14.7. The standard InChI is InChI=1S/C24H30N2O3/c1-28-22-12-10-21(23(16-22)29-2)11-13-24(27)25-17-19-6-8-20(9-7-19)18-26-14-4-3-5-15-26/h6-13,16H,3-5,14-15,17-18H2,1-2H3,(H,25,27)/b13-11+. The van der Waals surface area contributed by atoms with Crippen molar-refractivity contribution in [1.82, 2.24) is 10.2 Å². The van der Waals surface area contributed by atoms with Crippen LogP contribution in [0.1, 0.15) is 36.0 Å². The molecule has 0 spiro atoms. The van der Waals surface area contributed by atoms with Crippen molar-refractivity contribution < 1.29 is 14.3 Å². The Morgan fingerprint density at radius 1 is 1.00 bits per heavy atom. The molecule has 1 amide bonds. The van der Waals surface area contributed by atoms with Crippen LogP contribution in [0, 0.1) is 0 Å². The van der Waals surface area contributed by atoms with Gasteiger partial charge in [0, 0.05) is 30.8 Å². The van der Waals surface area contributed by atoms with Gasteiger partial charge in [-0.15, -0.1) is 0 Å². The van der Waals surface area contributed by atoms with Gasteiger partial charge in [0.05, 0.1) is 14.2 Å². The lowest BCUT2D eigenvalue weighted by atomic mass is 10.1. The van der Waals surface area contributed by atoms with E-state index in [2.05, 4.69) is 34.5 Å². The molecule has 1 heterocycles. The number of piperidine rings is 1. The summed E-state index contributed by atoms with van der Waals surface area (Å²) in [7, 11) is 3.21. The van der Waals surface area contributed by atoms with E-state index in [0.29, 0.717) is 18.0 Å².